The number of nitrogens with one attached hydrogen (secondary N) is 2. The maximum absolute atomic E-state index is 12.6. The third-order valence-electron chi connectivity index (χ3n) is 4.98. The molecule has 0 aliphatic rings. The summed E-state index contributed by atoms with van der Waals surface area (Å²) in [6.45, 7) is 2.82. The monoisotopic (exact) mass is 569 g/mol. The number of rotatable bonds is 10. The van der Waals surface area contributed by atoms with E-state index < -0.39 is 0 Å². The van der Waals surface area contributed by atoms with Gasteiger partial charge in [-0.3, -0.25) is 9.59 Å². The van der Waals surface area contributed by atoms with Gasteiger partial charge in [-0.1, -0.05) is 37.2 Å². The van der Waals surface area contributed by atoms with Gasteiger partial charge >= 0.3 is 0 Å². The van der Waals surface area contributed by atoms with Crippen LogP contribution in [0.2, 0.25) is 0 Å². The Morgan fingerprint density at radius 3 is 2.57 bits per heavy atom. The molecule has 0 fully saturated rings. The molecule has 0 radical (unpaired) electrons. The number of carbonyl (C=O) groups is 2. The Labute approximate surface area is 220 Å². The molecule has 0 bridgehead atoms. The molecule has 0 aliphatic carbocycles. The van der Waals surface area contributed by atoms with E-state index in [1.54, 1.807) is 6.07 Å². The van der Waals surface area contributed by atoms with E-state index in [9.17, 15) is 9.59 Å². The summed E-state index contributed by atoms with van der Waals surface area (Å²) in [7, 11) is 0. The lowest BCUT2D eigenvalue weighted by atomic mass is 10.2. The number of amides is 2. The van der Waals surface area contributed by atoms with Crippen molar-refractivity contribution < 1.29 is 14.3 Å². The quantitative estimate of drug-likeness (QED) is 0.155. The van der Waals surface area contributed by atoms with Gasteiger partial charge in [0.15, 0.2) is 4.34 Å². The van der Waals surface area contributed by atoms with E-state index >= 15 is 0 Å². The second-order valence-corrected chi connectivity index (χ2v) is 10.8. The number of unbranched alkanes of at least 4 members (excludes halogenated alkanes) is 1. The SMILES string of the molecule is CCCCOc1ccc(NC(=O)CSc2nc3ccc(NC(=O)c4ccccc4Br)cc3s2)cc1. The van der Waals surface area contributed by atoms with E-state index in [4.69, 9.17) is 4.74 Å². The molecule has 2 N–H and O–H groups in total. The van der Waals surface area contributed by atoms with Gasteiger partial charge in [-0.25, -0.2) is 4.98 Å². The Hall–Kier alpha value is -2.88. The Balaban J connectivity index is 1.31. The van der Waals surface area contributed by atoms with Gasteiger partial charge < -0.3 is 15.4 Å². The van der Waals surface area contributed by atoms with E-state index in [-0.39, 0.29) is 17.6 Å². The molecule has 1 heterocycles. The molecular weight excluding hydrogens is 546 g/mol. The van der Waals surface area contributed by atoms with E-state index in [1.807, 2.05) is 60.7 Å². The van der Waals surface area contributed by atoms with Crippen LogP contribution >= 0.6 is 39.0 Å². The zero-order valence-corrected chi connectivity index (χ0v) is 22.3. The van der Waals surface area contributed by atoms with Gasteiger partial charge in [-0.2, -0.15) is 0 Å². The number of aromatic nitrogens is 1. The van der Waals surface area contributed by atoms with Crippen molar-refractivity contribution in [2.24, 2.45) is 0 Å². The minimum atomic E-state index is -0.187. The molecular formula is C26H24BrN3O3S2. The zero-order valence-electron chi connectivity index (χ0n) is 19.0. The number of fused-ring (bicyclic) bond motifs is 1. The van der Waals surface area contributed by atoms with E-state index in [0.717, 1.165) is 43.3 Å². The second kappa shape index (κ2) is 12.2. The summed E-state index contributed by atoms with van der Waals surface area (Å²) < 4.78 is 8.13. The average Bonchev–Trinajstić information content (AvgIpc) is 3.26. The van der Waals surface area contributed by atoms with Crippen molar-refractivity contribution >= 4 is 72.4 Å². The van der Waals surface area contributed by atoms with Crippen LogP contribution in [0.3, 0.4) is 0 Å². The first-order chi connectivity index (χ1) is 17.0. The number of benzene rings is 3. The van der Waals surface area contributed by atoms with Crippen LogP contribution in [0, 0.1) is 0 Å². The van der Waals surface area contributed by atoms with Crippen molar-refractivity contribution in [1.29, 1.82) is 0 Å². The maximum Gasteiger partial charge on any atom is 0.256 e. The number of hydrogen-bond acceptors (Lipinski definition) is 6. The van der Waals surface area contributed by atoms with Gasteiger partial charge in [0.25, 0.3) is 5.91 Å². The van der Waals surface area contributed by atoms with Gasteiger partial charge in [0.1, 0.15) is 5.75 Å². The Morgan fingerprint density at radius 1 is 1.03 bits per heavy atom. The minimum Gasteiger partial charge on any atom is -0.494 e. The summed E-state index contributed by atoms with van der Waals surface area (Å²) in [5, 5.41) is 5.83. The summed E-state index contributed by atoms with van der Waals surface area (Å²) >= 11 is 6.29. The molecule has 0 atom stereocenters. The van der Waals surface area contributed by atoms with Crippen LogP contribution in [-0.4, -0.2) is 29.2 Å². The first kappa shape index (κ1) is 25.2. The Morgan fingerprint density at radius 2 is 1.80 bits per heavy atom. The summed E-state index contributed by atoms with van der Waals surface area (Å²) in [5.74, 6) is 0.760. The summed E-state index contributed by atoms with van der Waals surface area (Å²) in [6, 6.07) is 20.3. The van der Waals surface area contributed by atoms with Gasteiger partial charge in [0.05, 0.1) is 28.1 Å². The highest BCUT2D eigenvalue weighted by Gasteiger charge is 2.12. The van der Waals surface area contributed by atoms with Crippen molar-refractivity contribution in [2.45, 2.75) is 24.1 Å². The first-order valence-corrected chi connectivity index (χ1v) is 13.7. The van der Waals surface area contributed by atoms with Crippen LogP contribution in [-0.2, 0) is 4.79 Å². The van der Waals surface area contributed by atoms with E-state index in [2.05, 4.69) is 38.5 Å². The standard InChI is InChI=1S/C26H24BrN3O3S2/c1-2-3-14-33-19-11-8-17(9-12-19)28-24(31)16-34-26-30-22-13-10-18(15-23(22)35-26)29-25(32)20-6-4-5-7-21(20)27/h4-13,15H,2-3,14,16H2,1H3,(H,28,31)(H,29,32). The fourth-order valence-electron chi connectivity index (χ4n) is 3.18. The number of halogens is 1. The highest BCUT2D eigenvalue weighted by Crippen LogP contribution is 2.31. The van der Waals surface area contributed by atoms with Crippen molar-refractivity contribution in [3.8, 4) is 5.75 Å². The molecule has 4 rings (SSSR count). The highest BCUT2D eigenvalue weighted by atomic mass is 79.9. The van der Waals surface area contributed by atoms with Gasteiger partial charge in [-0.05, 0) is 76.9 Å². The fourth-order valence-corrected chi connectivity index (χ4v) is 5.55. The van der Waals surface area contributed by atoms with Crippen LogP contribution in [0.4, 0.5) is 11.4 Å². The molecule has 0 saturated heterocycles. The summed E-state index contributed by atoms with van der Waals surface area (Å²) in [4.78, 5) is 29.6. The molecule has 4 aromatic rings. The van der Waals surface area contributed by atoms with Gasteiger partial charge in [0.2, 0.25) is 5.91 Å². The van der Waals surface area contributed by atoms with Crippen LogP contribution < -0.4 is 15.4 Å². The molecule has 0 saturated carbocycles. The predicted octanol–water partition coefficient (Wildman–Crippen LogP) is 7.22. The molecule has 0 unspecified atom stereocenters. The molecule has 6 nitrogen and oxygen atoms in total. The molecule has 3 aromatic carbocycles. The molecule has 0 spiro atoms. The molecule has 180 valence electrons. The summed E-state index contributed by atoms with van der Waals surface area (Å²) in [6.07, 6.45) is 2.10. The normalized spacial score (nSPS) is 10.8. The molecule has 9 heteroatoms. The van der Waals surface area contributed by atoms with Gasteiger partial charge in [0, 0.05) is 15.8 Å². The van der Waals surface area contributed by atoms with Crippen LogP contribution in [0.25, 0.3) is 10.2 Å². The lowest BCUT2D eigenvalue weighted by Crippen LogP contribution is -2.13. The van der Waals surface area contributed by atoms with Crippen molar-refractivity contribution in [3.05, 3.63) is 76.8 Å². The maximum atomic E-state index is 12.6. The molecule has 0 aliphatic heterocycles. The Kier molecular flexibility index (Phi) is 8.79. The number of thioether (sulfide) groups is 1. The van der Waals surface area contributed by atoms with Crippen LogP contribution in [0.1, 0.15) is 30.1 Å². The van der Waals surface area contributed by atoms with Gasteiger partial charge in [-0.15, -0.1) is 11.3 Å². The highest BCUT2D eigenvalue weighted by molar-refractivity contribution is 9.10. The smallest absolute Gasteiger partial charge is 0.256 e. The van der Waals surface area contributed by atoms with Crippen molar-refractivity contribution in [2.75, 3.05) is 23.0 Å². The number of thiazole rings is 1. The minimum absolute atomic E-state index is 0.102. The van der Waals surface area contributed by atoms with Crippen LogP contribution in [0.5, 0.6) is 5.75 Å². The topological polar surface area (TPSA) is 80.3 Å². The lowest BCUT2D eigenvalue weighted by molar-refractivity contribution is -0.113. The summed E-state index contributed by atoms with van der Waals surface area (Å²) in [5.41, 5.74) is 2.82. The average molecular weight is 571 g/mol. The number of hydrogen-bond donors (Lipinski definition) is 2. The van der Waals surface area contributed by atoms with Crippen molar-refractivity contribution in [1.82, 2.24) is 4.98 Å². The second-order valence-electron chi connectivity index (χ2n) is 7.66. The molecule has 1 aromatic heterocycles. The number of ether oxygens (including phenoxy) is 1. The zero-order chi connectivity index (χ0) is 24.6. The van der Waals surface area contributed by atoms with E-state index in [0.29, 0.717) is 17.9 Å². The van der Waals surface area contributed by atoms with E-state index in [1.165, 1.54) is 23.1 Å². The number of anilines is 2. The third kappa shape index (κ3) is 7.06. The van der Waals surface area contributed by atoms with Crippen LogP contribution in [0.15, 0.2) is 75.5 Å². The third-order valence-corrected chi connectivity index (χ3v) is 7.83. The number of nitrogens with zero attached hydrogens (tertiary/aromatic N) is 1. The molecule has 35 heavy (non-hydrogen) atoms. The molecule has 2 amide bonds. The first-order valence-electron chi connectivity index (χ1n) is 11.1. The largest absolute Gasteiger partial charge is 0.494 e. The Bertz CT molecular complexity index is 1330. The predicted molar refractivity (Wildman–Crippen MR) is 148 cm³/mol. The van der Waals surface area contributed by atoms with Crippen molar-refractivity contribution in [3.63, 3.8) is 0 Å². The lowest BCUT2D eigenvalue weighted by Gasteiger charge is -2.07. The number of carbonyl (C=O) groups excluding carboxylic acids is 2. The fraction of sp³-hybridized carbons (Fsp3) is 0.192.